The Morgan fingerprint density at radius 3 is 2.22 bits per heavy atom. The second-order valence-electron chi connectivity index (χ2n) is 5.77. The number of imide groups is 1. The molecule has 0 spiro atoms. The number of nitrogens with one attached hydrogen (secondary N) is 2. The molecule has 6 nitrogen and oxygen atoms in total. The quantitative estimate of drug-likeness (QED) is 0.788. The molecule has 0 aliphatic carbocycles. The van der Waals surface area contributed by atoms with Gasteiger partial charge in [0.15, 0.2) is 6.10 Å². The Bertz CT molecular complexity index is 543. The predicted molar refractivity (Wildman–Crippen MR) is 86.8 cm³/mol. The van der Waals surface area contributed by atoms with E-state index in [1.807, 2.05) is 37.3 Å². The molecule has 0 aliphatic rings. The van der Waals surface area contributed by atoms with Crippen molar-refractivity contribution in [1.82, 2.24) is 10.6 Å². The fourth-order valence-electron chi connectivity index (χ4n) is 1.96. The van der Waals surface area contributed by atoms with E-state index in [1.165, 1.54) is 6.92 Å². The molecule has 0 saturated heterocycles. The zero-order valence-electron chi connectivity index (χ0n) is 14.0. The van der Waals surface area contributed by atoms with E-state index in [1.54, 1.807) is 13.8 Å². The minimum atomic E-state index is -1.02. The lowest BCUT2D eigenvalue weighted by atomic mass is 9.98. The lowest BCUT2D eigenvalue weighted by Gasteiger charge is -2.16. The van der Waals surface area contributed by atoms with Crippen LogP contribution < -0.4 is 10.6 Å². The van der Waals surface area contributed by atoms with Gasteiger partial charge in [-0.2, -0.15) is 0 Å². The second kappa shape index (κ2) is 8.92. The maximum absolute atomic E-state index is 11.9. The highest BCUT2D eigenvalue weighted by Gasteiger charge is 2.21. The van der Waals surface area contributed by atoms with Crippen LogP contribution in [0, 0.1) is 0 Å². The molecule has 2 N–H and O–H groups in total. The monoisotopic (exact) mass is 320 g/mol. The van der Waals surface area contributed by atoms with Gasteiger partial charge >= 0.3 is 12.0 Å². The number of amides is 3. The molecule has 0 aliphatic heterocycles. The van der Waals surface area contributed by atoms with Crippen LogP contribution >= 0.6 is 0 Å². The van der Waals surface area contributed by atoms with E-state index >= 15 is 0 Å². The number of carbonyl (C=O) groups excluding carboxylic acids is 3. The lowest BCUT2D eigenvalue weighted by molar-refractivity contribution is -0.154. The Balaban J connectivity index is 2.44. The molecule has 0 fully saturated rings. The maximum atomic E-state index is 11.9. The topological polar surface area (TPSA) is 84.5 Å². The van der Waals surface area contributed by atoms with Crippen molar-refractivity contribution in [3.8, 4) is 0 Å². The molecule has 0 radical (unpaired) electrons. The van der Waals surface area contributed by atoms with Crippen LogP contribution in [0.3, 0.4) is 0 Å². The van der Waals surface area contributed by atoms with Gasteiger partial charge in [-0.1, -0.05) is 37.3 Å². The SMILES string of the molecule is CC(C)NC(=O)NC(=O)[C@H](C)OC(=O)C[C@H](C)c1ccccc1. The standard InChI is InChI=1S/C17H24N2O4/c1-11(2)18-17(22)19-16(21)13(4)23-15(20)10-12(3)14-8-6-5-7-9-14/h5-9,11-13H,10H2,1-4H3,(H2,18,19,21,22)/t12-,13-/m0/s1. The van der Waals surface area contributed by atoms with E-state index in [9.17, 15) is 14.4 Å². The van der Waals surface area contributed by atoms with Crippen LogP contribution in [0.5, 0.6) is 0 Å². The zero-order chi connectivity index (χ0) is 17.4. The van der Waals surface area contributed by atoms with Crippen molar-refractivity contribution in [3.63, 3.8) is 0 Å². The number of hydrogen-bond donors (Lipinski definition) is 2. The first-order valence-electron chi connectivity index (χ1n) is 7.65. The highest BCUT2D eigenvalue weighted by molar-refractivity contribution is 5.97. The van der Waals surface area contributed by atoms with Crippen LogP contribution in [0.15, 0.2) is 30.3 Å². The molecule has 0 saturated carbocycles. The number of benzene rings is 1. The third-order valence-electron chi connectivity index (χ3n) is 3.18. The van der Waals surface area contributed by atoms with Crippen molar-refractivity contribution in [1.29, 1.82) is 0 Å². The van der Waals surface area contributed by atoms with E-state index in [-0.39, 0.29) is 18.4 Å². The fraction of sp³-hybridized carbons (Fsp3) is 0.471. The minimum absolute atomic E-state index is 0.0109. The molecule has 3 amide bonds. The summed E-state index contributed by atoms with van der Waals surface area (Å²) in [5.41, 5.74) is 1.03. The van der Waals surface area contributed by atoms with Gasteiger partial charge in [0.25, 0.3) is 5.91 Å². The molecule has 1 aromatic rings. The van der Waals surface area contributed by atoms with Gasteiger partial charge in [-0.3, -0.25) is 14.9 Å². The van der Waals surface area contributed by atoms with Crippen LogP contribution in [-0.2, 0) is 14.3 Å². The van der Waals surface area contributed by atoms with E-state index in [0.717, 1.165) is 5.56 Å². The summed E-state index contributed by atoms with van der Waals surface area (Å²) < 4.78 is 5.08. The first kappa shape index (κ1) is 18.7. The summed E-state index contributed by atoms with van der Waals surface area (Å²) in [6.07, 6.45) is -0.858. The van der Waals surface area contributed by atoms with Gasteiger partial charge in [0.2, 0.25) is 0 Å². The summed E-state index contributed by atoms with van der Waals surface area (Å²) in [5.74, 6) is -1.14. The Morgan fingerprint density at radius 2 is 1.65 bits per heavy atom. The van der Waals surface area contributed by atoms with Crippen molar-refractivity contribution < 1.29 is 19.1 Å². The van der Waals surface area contributed by atoms with E-state index in [2.05, 4.69) is 10.6 Å². The van der Waals surface area contributed by atoms with E-state index in [0.29, 0.717) is 0 Å². The highest BCUT2D eigenvalue weighted by Crippen LogP contribution is 2.19. The summed E-state index contributed by atoms with van der Waals surface area (Å²) >= 11 is 0. The van der Waals surface area contributed by atoms with Gasteiger partial charge in [0.1, 0.15) is 0 Å². The first-order valence-corrected chi connectivity index (χ1v) is 7.65. The molecule has 23 heavy (non-hydrogen) atoms. The van der Waals surface area contributed by atoms with Crippen molar-refractivity contribution >= 4 is 17.9 Å². The number of rotatable bonds is 6. The average Bonchev–Trinajstić information content (AvgIpc) is 2.46. The van der Waals surface area contributed by atoms with Crippen molar-refractivity contribution in [2.75, 3.05) is 0 Å². The summed E-state index contributed by atoms with van der Waals surface area (Å²) in [7, 11) is 0. The van der Waals surface area contributed by atoms with E-state index in [4.69, 9.17) is 4.74 Å². The molecule has 126 valence electrons. The summed E-state index contributed by atoms with van der Waals surface area (Å²) in [6.45, 7) is 6.90. The normalized spacial score (nSPS) is 13.1. The van der Waals surface area contributed by atoms with Crippen LogP contribution in [0.4, 0.5) is 4.79 Å². The Hall–Kier alpha value is -2.37. The van der Waals surface area contributed by atoms with Gasteiger partial charge < -0.3 is 10.1 Å². The molecule has 1 rings (SSSR count). The van der Waals surface area contributed by atoms with Gasteiger partial charge in [0, 0.05) is 6.04 Å². The summed E-state index contributed by atoms with van der Waals surface area (Å²) in [4.78, 5) is 35.1. The molecule has 6 heteroatoms. The Kier molecular flexibility index (Phi) is 7.25. The smallest absolute Gasteiger partial charge is 0.321 e. The summed E-state index contributed by atoms with van der Waals surface area (Å²) in [6, 6.07) is 8.89. The zero-order valence-corrected chi connectivity index (χ0v) is 14.0. The van der Waals surface area contributed by atoms with Crippen LogP contribution in [0.2, 0.25) is 0 Å². The molecule has 0 unspecified atom stereocenters. The number of urea groups is 1. The number of hydrogen-bond acceptors (Lipinski definition) is 4. The number of esters is 1. The molecular formula is C17H24N2O4. The third-order valence-corrected chi connectivity index (χ3v) is 3.18. The van der Waals surface area contributed by atoms with Crippen molar-refractivity contribution in [3.05, 3.63) is 35.9 Å². The van der Waals surface area contributed by atoms with Gasteiger partial charge in [-0.15, -0.1) is 0 Å². The number of carbonyl (C=O) groups is 3. The minimum Gasteiger partial charge on any atom is -0.453 e. The largest absolute Gasteiger partial charge is 0.453 e. The van der Waals surface area contributed by atoms with Crippen molar-refractivity contribution in [2.45, 2.75) is 52.2 Å². The third kappa shape index (κ3) is 6.95. The van der Waals surface area contributed by atoms with Crippen LogP contribution in [-0.4, -0.2) is 30.1 Å². The average molecular weight is 320 g/mol. The fourth-order valence-corrected chi connectivity index (χ4v) is 1.96. The van der Waals surface area contributed by atoms with Gasteiger partial charge in [0.05, 0.1) is 6.42 Å². The van der Waals surface area contributed by atoms with E-state index < -0.39 is 24.0 Å². The predicted octanol–water partition coefficient (Wildman–Crippen LogP) is 2.35. The van der Waals surface area contributed by atoms with Crippen LogP contribution in [0.1, 0.15) is 45.6 Å². The molecule has 0 heterocycles. The molecular weight excluding hydrogens is 296 g/mol. The highest BCUT2D eigenvalue weighted by atomic mass is 16.5. The van der Waals surface area contributed by atoms with Crippen molar-refractivity contribution in [2.24, 2.45) is 0 Å². The van der Waals surface area contributed by atoms with Gasteiger partial charge in [-0.05, 0) is 32.3 Å². The summed E-state index contributed by atoms with van der Waals surface area (Å²) in [5, 5.41) is 4.66. The second-order valence-corrected chi connectivity index (χ2v) is 5.77. The first-order chi connectivity index (χ1) is 10.8. The Labute approximate surface area is 136 Å². The van der Waals surface area contributed by atoms with Gasteiger partial charge in [-0.25, -0.2) is 4.79 Å². The molecule has 2 atom stereocenters. The maximum Gasteiger partial charge on any atom is 0.321 e. The lowest BCUT2D eigenvalue weighted by Crippen LogP contribution is -2.46. The molecule has 1 aromatic carbocycles. The number of ether oxygens (including phenoxy) is 1. The molecule has 0 bridgehead atoms. The Morgan fingerprint density at radius 1 is 1.04 bits per heavy atom. The molecule has 0 aromatic heterocycles. The van der Waals surface area contributed by atoms with Crippen LogP contribution in [0.25, 0.3) is 0 Å².